The summed E-state index contributed by atoms with van der Waals surface area (Å²) in [5, 5.41) is 0. The average molecular weight is 276 g/mol. The molecule has 0 spiro atoms. The van der Waals surface area contributed by atoms with Gasteiger partial charge in [0.15, 0.2) is 0 Å². The summed E-state index contributed by atoms with van der Waals surface area (Å²) >= 11 is 0. The van der Waals surface area contributed by atoms with Crippen LogP contribution in [0.3, 0.4) is 0 Å². The minimum absolute atomic E-state index is 0. The van der Waals surface area contributed by atoms with Gasteiger partial charge >= 0.3 is 51.4 Å². The Kier molecular flexibility index (Phi) is 8.20. The number of aryl methyl sites for hydroxylation is 2. The van der Waals surface area contributed by atoms with Crippen molar-refractivity contribution in [1.82, 2.24) is 0 Å². The fourth-order valence-electron chi connectivity index (χ4n) is 2.12. The van der Waals surface area contributed by atoms with Crippen molar-refractivity contribution in [2.45, 2.75) is 33.1 Å². The first-order valence-corrected chi connectivity index (χ1v) is 6.73. The molecule has 94 valence electrons. The van der Waals surface area contributed by atoms with Crippen molar-refractivity contribution < 1.29 is 51.4 Å². The first-order chi connectivity index (χ1) is 8.79. The molecule has 0 saturated carbocycles. The monoisotopic (exact) mass is 276 g/mol. The van der Waals surface area contributed by atoms with Crippen LogP contribution in [0.25, 0.3) is 11.1 Å². The van der Waals surface area contributed by atoms with E-state index in [2.05, 4.69) is 68.8 Å². The first-order valence-electron chi connectivity index (χ1n) is 6.73. The molecule has 0 atom stereocenters. The Labute approximate surface area is 160 Å². The molecular formula is C18H21K. The molecule has 2 rings (SSSR count). The molecule has 0 N–H and O–H groups in total. The van der Waals surface area contributed by atoms with E-state index < -0.39 is 0 Å². The number of hydrogen-bond acceptors (Lipinski definition) is 0. The smallest absolute Gasteiger partial charge is 0.331 e. The summed E-state index contributed by atoms with van der Waals surface area (Å²) in [6.07, 6.45) is 5.87. The number of unbranched alkanes of at least 4 members (excludes halogenated alkanes) is 2. The summed E-state index contributed by atoms with van der Waals surface area (Å²) in [7, 11) is 0. The second-order valence-electron chi connectivity index (χ2n) is 4.86. The Morgan fingerprint density at radius 3 is 1.89 bits per heavy atom. The van der Waals surface area contributed by atoms with E-state index in [4.69, 9.17) is 0 Å². The minimum Gasteiger partial charge on any atom is -0.331 e. The molecule has 0 saturated heterocycles. The van der Waals surface area contributed by atoms with Crippen LogP contribution >= 0.6 is 0 Å². The van der Waals surface area contributed by atoms with Gasteiger partial charge in [-0.3, -0.25) is 0 Å². The zero-order valence-corrected chi connectivity index (χ0v) is 15.4. The van der Waals surface area contributed by atoms with Crippen LogP contribution in [-0.2, 0) is 6.42 Å². The van der Waals surface area contributed by atoms with Gasteiger partial charge in [-0.15, -0.1) is 0 Å². The topological polar surface area (TPSA) is 0 Å². The van der Waals surface area contributed by atoms with Crippen LogP contribution in [-0.4, -0.2) is 0 Å². The van der Waals surface area contributed by atoms with Gasteiger partial charge < -0.3 is 6.42 Å². The van der Waals surface area contributed by atoms with Crippen LogP contribution in [0.15, 0.2) is 48.5 Å². The van der Waals surface area contributed by atoms with Gasteiger partial charge in [0.05, 0.1) is 0 Å². The average Bonchev–Trinajstić information content (AvgIpc) is 2.41. The van der Waals surface area contributed by atoms with Crippen LogP contribution in [0.2, 0.25) is 0 Å². The standard InChI is InChI=1S/C18H21.K/c1-3-4-5-6-16-9-13-18(14-10-16)17-11-7-15(2)8-12-17;/h3,7-14H,4-6H2,1-2H3;/q-1;+1. The van der Waals surface area contributed by atoms with Gasteiger partial charge in [-0.1, -0.05) is 60.5 Å². The predicted molar refractivity (Wildman–Crippen MR) is 79.5 cm³/mol. The van der Waals surface area contributed by atoms with E-state index >= 15 is 0 Å². The van der Waals surface area contributed by atoms with E-state index in [-0.39, 0.29) is 51.4 Å². The van der Waals surface area contributed by atoms with Gasteiger partial charge in [0.25, 0.3) is 0 Å². The van der Waals surface area contributed by atoms with Crippen molar-refractivity contribution >= 4 is 0 Å². The van der Waals surface area contributed by atoms with Crippen LogP contribution in [0.1, 0.15) is 30.9 Å². The van der Waals surface area contributed by atoms with Crippen molar-refractivity contribution in [1.29, 1.82) is 0 Å². The number of benzene rings is 2. The van der Waals surface area contributed by atoms with Crippen LogP contribution in [0.4, 0.5) is 0 Å². The zero-order chi connectivity index (χ0) is 12.8. The molecule has 0 amide bonds. The van der Waals surface area contributed by atoms with Crippen molar-refractivity contribution in [3.8, 4) is 11.1 Å². The van der Waals surface area contributed by atoms with E-state index in [0.29, 0.717) is 0 Å². The number of hydrogen-bond donors (Lipinski definition) is 0. The molecule has 0 bridgehead atoms. The van der Waals surface area contributed by atoms with Gasteiger partial charge in [0.2, 0.25) is 0 Å². The summed E-state index contributed by atoms with van der Waals surface area (Å²) in [5.41, 5.74) is 5.36. The Morgan fingerprint density at radius 2 is 1.37 bits per heavy atom. The minimum atomic E-state index is 0. The van der Waals surface area contributed by atoms with Crippen LogP contribution in [0, 0.1) is 13.3 Å². The molecule has 0 aliphatic heterocycles. The Bertz CT molecular complexity index is 468. The summed E-state index contributed by atoms with van der Waals surface area (Å²) in [4.78, 5) is 0. The molecule has 0 aromatic heterocycles. The maximum Gasteiger partial charge on any atom is 1.00 e. The molecule has 0 unspecified atom stereocenters. The summed E-state index contributed by atoms with van der Waals surface area (Å²) in [5.74, 6) is 0. The molecule has 0 aliphatic rings. The van der Waals surface area contributed by atoms with E-state index in [1.54, 1.807) is 0 Å². The molecule has 0 radical (unpaired) electrons. The molecule has 2 aromatic rings. The van der Waals surface area contributed by atoms with Crippen molar-refractivity contribution in [2.75, 3.05) is 0 Å². The first kappa shape index (κ1) is 17.1. The predicted octanol–water partition coefficient (Wildman–Crippen LogP) is 2.21. The quantitative estimate of drug-likeness (QED) is 0.446. The molecule has 0 aliphatic carbocycles. The van der Waals surface area contributed by atoms with Gasteiger partial charge in [0, 0.05) is 0 Å². The third-order valence-electron chi connectivity index (χ3n) is 3.30. The van der Waals surface area contributed by atoms with E-state index in [0.717, 1.165) is 0 Å². The zero-order valence-electron chi connectivity index (χ0n) is 12.3. The second kappa shape index (κ2) is 9.09. The Hall–Kier alpha value is 0.0764. The third kappa shape index (κ3) is 5.53. The summed E-state index contributed by atoms with van der Waals surface area (Å²) in [6.45, 7) is 4.25. The Morgan fingerprint density at radius 1 is 0.842 bits per heavy atom. The molecular weight excluding hydrogens is 255 g/mol. The fraction of sp³-hybridized carbons (Fsp3) is 0.278. The van der Waals surface area contributed by atoms with E-state index in [1.807, 2.05) is 0 Å². The molecule has 2 aromatic carbocycles. The van der Waals surface area contributed by atoms with Crippen molar-refractivity contribution in [2.24, 2.45) is 0 Å². The van der Waals surface area contributed by atoms with Crippen molar-refractivity contribution in [3.63, 3.8) is 0 Å². The molecule has 0 heterocycles. The molecule has 0 fully saturated rings. The maximum absolute atomic E-state index is 2.25. The number of rotatable bonds is 5. The largest absolute Gasteiger partial charge is 1.00 e. The van der Waals surface area contributed by atoms with Crippen LogP contribution < -0.4 is 51.4 Å². The fourth-order valence-corrected chi connectivity index (χ4v) is 2.12. The summed E-state index contributed by atoms with van der Waals surface area (Å²) in [6, 6.07) is 17.7. The Balaban J connectivity index is 0.00000180. The van der Waals surface area contributed by atoms with Crippen LogP contribution in [0.5, 0.6) is 0 Å². The van der Waals surface area contributed by atoms with E-state index in [1.165, 1.54) is 41.5 Å². The van der Waals surface area contributed by atoms with Crippen molar-refractivity contribution in [3.05, 3.63) is 66.1 Å². The normalized spacial score (nSPS) is 10.0. The summed E-state index contributed by atoms with van der Waals surface area (Å²) < 4.78 is 0. The molecule has 1 heteroatoms. The third-order valence-corrected chi connectivity index (χ3v) is 3.30. The van der Waals surface area contributed by atoms with Gasteiger partial charge in [-0.25, -0.2) is 0 Å². The molecule has 19 heavy (non-hydrogen) atoms. The maximum atomic E-state index is 2.25. The van der Waals surface area contributed by atoms with Gasteiger partial charge in [0.1, 0.15) is 0 Å². The SMILES string of the molecule is C[CH-]CCCc1ccc(-c2ccc(C)cc2)cc1.[K+]. The van der Waals surface area contributed by atoms with Gasteiger partial charge in [-0.05, 0) is 30.0 Å². The second-order valence-corrected chi connectivity index (χ2v) is 4.86. The van der Waals surface area contributed by atoms with Gasteiger partial charge in [-0.2, -0.15) is 13.3 Å². The molecule has 0 nitrogen and oxygen atoms in total. The van der Waals surface area contributed by atoms with E-state index in [9.17, 15) is 0 Å².